The van der Waals surface area contributed by atoms with Crippen LogP contribution in [0, 0.1) is 6.92 Å². The number of nitrogens with one attached hydrogen (secondary N) is 2. The topological polar surface area (TPSA) is 77.5 Å². The van der Waals surface area contributed by atoms with E-state index >= 15 is 0 Å². The number of aromatic nitrogens is 2. The van der Waals surface area contributed by atoms with Crippen molar-refractivity contribution < 1.29 is 14.2 Å². The van der Waals surface area contributed by atoms with Crippen molar-refractivity contribution in [1.29, 1.82) is 0 Å². The van der Waals surface area contributed by atoms with Crippen LogP contribution in [0.3, 0.4) is 0 Å². The number of hydrogen-bond acceptors (Lipinski definition) is 7. The van der Waals surface area contributed by atoms with Gasteiger partial charge in [0.15, 0.2) is 12.1 Å². The Morgan fingerprint density at radius 1 is 1.13 bits per heavy atom. The van der Waals surface area contributed by atoms with Gasteiger partial charge in [0.05, 0.1) is 18.4 Å². The standard InChI is InChI=1S/C15H19ClN4O3/c1-9-6-5-7-11(21-2)12(9)19-20-13-10(14(22-3)23-4)8-17-15(16)18-13/h5-8,14,19H,1-4H3,(H,17,18,20). The Morgan fingerprint density at radius 2 is 1.87 bits per heavy atom. The van der Waals surface area contributed by atoms with Crippen molar-refractivity contribution in [3.8, 4) is 5.75 Å². The number of benzene rings is 1. The van der Waals surface area contributed by atoms with Gasteiger partial charge in [0.1, 0.15) is 5.75 Å². The Bertz CT molecular complexity index is 665. The summed E-state index contributed by atoms with van der Waals surface area (Å²) in [6, 6.07) is 5.74. The summed E-state index contributed by atoms with van der Waals surface area (Å²) < 4.78 is 15.8. The molecule has 2 N–H and O–H groups in total. The van der Waals surface area contributed by atoms with E-state index in [9.17, 15) is 0 Å². The van der Waals surface area contributed by atoms with E-state index in [-0.39, 0.29) is 5.28 Å². The predicted octanol–water partition coefficient (Wildman–Crippen LogP) is 3.18. The largest absolute Gasteiger partial charge is 0.495 e. The van der Waals surface area contributed by atoms with E-state index in [1.807, 2.05) is 25.1 Å². The number of rotatable bonds is 7. The van der Waals surface area contributed by atoms with Crippen LogP contribution in [-0.4, -0.2) is 31.3 Å². The van der Waals surface area contributed by atoms with Crippen LogP contribution in [-0.2, 0) is 9.47 Å². The molecule has 0 amide bonds. The van der Waals surface area contributed by atoms with Gasteiger partial charge in [0.25, 0.3) is 0 Å². The van der Waals surface area contributed by atoms with Crippen molar-refractivity contribution in [3.05, 3.63) is 40.8 Å². The Labute approximate surface area is 139 Å². The first-order valence-electron chi connectivity index (χ1n) is 6.84. The van der Waals surface area contributed by atoms with Gasteiger partial charge in [-0.25, -0.2) is 4.98 Å². The summed E-state index contributed by atoms with van der Waals surface area (Å²) in [5.41, 5.74) is 8.51. The lowest BCUT2D eigenvalue weighted by Crippen LogP contribution is -2.16. The highest BCUT2D eigenvalue weighted by molar-refractivity contribution is 6.28. The Hall–Kier alpha value is -2.09. The van der Waals surface area contributed by atoms with Crippen molar-refractivity contribution in [2.24, 2.45) is 0 Å². The summed E-state index contributed by atoms with van der Waals surface area (Å²) in [6.07, 6.45) is 0.932. The minimum atomic E-state index is -0.615. The first-order valence-corrected chi connectivity index (χ1v) is 7.22. The van der Waals surface area contributed by atoms with E-state index in [0.29, 0.717) is 17.1 Å². The second kappa shape index (κ2) is 7.96. The molecule has 1 aromatic heterocycles. The molecule has 0 saturated carbocycles. The molecule has 0 aliphatic rings. The van der Waals surface area contributed by atoms with Gasteiger partial charge in [-0.1, -0.05) is 12.1 Å². The molecule has 2 rings (SSSR count). The van der Waals surface area contributed by atoms with Crippen LogP contribution >= 0.6 is 11.6 Å². The molecular formula is C15H19ClN4O3. The highest BCUT2D eigenvalue weighted by Gasteiger charge is 2.17. The molecule has 8 heteroatoms. The van der Waals surface area contributed by atoms with Crippen molar-refractivity contribution in [3.63, 3.8) is 0 Å². The lowest BCUT2D eigenvalue weighted by atomic mass is 10.2. The fourth-order valence-electron chi connectivity index (χ4n) is 2.09. The van der Waals surface area contributed by atoms with Crippen LogP contribution in [0.25, 0.3) is 0 Å². The highest BCUT2D eigenvalue weighted by Crippen LogP contribution is 2.29. The van der Waals surface area contributed by atoms with Gasteiger partial charge in [0.2, 0.25) is 5.28 Å². The molecule has 0 unspecified atom stereocenters. The van der Waals surface area contributed by atoms with Crippen LogP contribution in [0.4, 0.5) is 11.5 Å². The minimum Gasteiger partial charge on any atom is -0.495 e. The first kappa shape index (κ1) is 17.3. The van der Waals surface area contributed by atoms with E-state index in [1.54, 1.807) is 13.3 Å². The van der Waals surface area contributed by atoms with E-state index in [4.69, 9.17) is 25.8 Å². The molecule has 0 aliphatic carbocycles. The number of methoxy groups -OCH3 is 3. The van der Waals surface area contributed by atoms with Gasteiger partial charge in [0, 0.05) is 20.4 Å². The average Bonchev–Trinajstić information content (AvgIpc) is 2.56. The third-order valence-electron chi connectivity index (χ3n) is 3.23. The maximum Gasteiger partial charge on any atom is 0.224 e. The van der Waals surface area contributed by atoms with E-state index < -0.39 is 6.29 Å². The second-order valence-corrected chi connectivity index (χ2v) is 4.99. The summed E-state index contributed by atoms with van der Waals surface area (Å²) in [7, 11) is 4.67. The highest BCUT2D eigenvalue weighted by atomic mass is 35.5. The molecule has 2 aromatic rings. The van der Waals surface area contributed by atoms with Crippen LogP contribution in [0.5, 0.6) is 5.75 Å². The molecular weight excluding hydrogens is 320 g/mol. The van der Waals surface area contributed by atoms with Gasteiger partial charge in [-0.15, -0.1) is 0 Å². The third-order valence-corrected chi connectivity index (χ3v) is 3.41. The summed E-state index contributed by atoms with van der Waals surface area (Å²) in [5.74, 6) is 1.15. The van der Waals surface area contributed by atoms with Gasteiger partial charge in [-0.3, -0.25) is 10.9 Å². The van der Waals surface area contributed by atoms with E-state index in [2.05, 4.69) is 20.8 Å². The number of hydrogen-bond donors (Lipinski definition) is 2. The lowest BCUT2D eigenvalue weighted by molar-refractivity contribution is -0.105. The summed E-state index contributed by atoms with van der Waals surface area (Å²) in [6.45, 7) is 1.97. The fourth-order valence-corrected chi connectivity index (χ4v) is 2.22. The smallest absolute Gasteiger partial charge is 0.224 e. The quantitative estimate of drug-likeness (QED) is 0.456. The number of ether oxygens (including phenoxy) is 3. The third kappa shape index (κ3) is 4.01. The Balaban J connectivity index is 2.29. The number of aryl methyl sites for hydroxylation is 1. The molecule has 7 nitrogen and oxygen atoms in total. The zero-order chi connectivity index (χ0) is 16.8. The predicted molar refractivity (Wildman–Crippen MR) is 88.8 cm³/mol. The molecule has 124 valence electrons. The molecule has 23 heavy (non-hydrogen) atoms. The molecule has 0 fully saturated rings. The van der Waals surface area contributed by atoms with Crippen molar-refractivity contribution in [2.75, 3.05) is 32.2 Å². The van der Waals surface area contributed by atoms with Gasteiger partial charge >= 0.3 is 0 Å². The lowest BCUT2D eigenvalue weighted by Gasteiger charge is -2.19. The molecule has 0 bridgehead atoms. The first-order chi connectivity index (χ1) is 11.1. The Kier molecular flexibility index (Phi) is 5.97. The summed E-state index contributed by atoms with van der Waals surface area (Å²) in [4.78, 5) is 8.13. The second-order valence-electron chi connectivity index (χ2n) is 4.65. The van der Waals surface area contributed by atoms with Gasteiger partial charge in [-0.2, -0.15) is 4.98 Å². The molecule has 0 aliphatic heterocycles. The van der Waals surface area contributed by atoms with E-state index in [1.165, 1.54) is 14.2 Å². The number of anilines is 2. The van der Waals surface area contributed by atoms with Crippen LogP contribution in [0.1, 0.15) is 17.4 Å². The van der Waals surface area contributed by atoms with Gasteiger partial charge in [-0.05, 0) is 30.2 Å². The molecule has 0 atom stereocenters. The van der Waals surface area contributed by atoms with Crippen LogP contribution < -0.4 is 15.6 Å². The van der Waals surface area contributed by atoms with Crippen molar-refractivity contribution in [2.45, 2.75) is 13.2 Å². The zero-order valence-electron chi connectivity index (χ0n) is 13.4. The monoisotopic (exact) mass is 338 g/mol. The Morgan fingerprint density at radius 3 is 2.52 bits per heavy atom. The normalized spacial score (nSPS) is 10.7. The zero-order valence-corrected chi connectivity index (χ0v) is 14.1. The van der Waals surface area contributed by atoms with Crippen molar-refractivity contribution >= 4 is 23.1 Å². The van der Waals surface area contributed by atoms with Crippen molar-refractivity contribution in [1.82, 2.24) is 9.97 Å². The number of halogens is 1. The molecule has 0 spiro atoms. The maximum atomic E-state index is 5.88. The van der Waals surface area contributed by atoms with Crippen LogP contribution in [0.2, 0.25) is 5.28 Å². The number of hydrazine groups is 1. The van der Waals surface area contributed by atoms with E-state index in [0.717, 1.165) is 11.3 Å². The SMILES string of the molecule is COc1cccc(C)c1NNc1nc(Cl)ncc1C(OC)OC. The molecule has 0 radical (unpaired) electrons. The molecule has 1 aromatic carbocycles. The minimum absolute atomic E-state index is 0.112. The number of para-hydroxylation sites is 1. The maximum absolute atomic E-state index is 5.88. The van der Waals surface area contributed by atoms with Crippen LogP contribution in [0.15, 0.2) is 24.4 Å². The number of nitrogens with zero attached hydrogens (tertiary/aromatic N) is 2. The summed E-state index contributed by atoms with van der Waals surface area (Å²) in [5, 5.41) is 0.112. The molecule has 1 heterocycles. The molecule has 0 saturated heterocycles. The average molecular weight is 339 g/mol. The summed E-state index contributed by atoms with van der Waals surface area (Å²) >= 11 is 5.88. The van der Waals surface area contributed by atoms with Gasteiger partial charge < -0.3 is 14.2 Å². The fraction of sp³-hybridized carbons (Fsp3) is 0.333.